The Kier molecular flexibility index (Phi) is 5.17. The zero-order chi connectivity index (χ0) is 17.8. The molecule has 1 unspecified atom stereocenters. The number of aryl methyl sites for hydroxylation is 1. The van der Waals surface area contributed by atoms with Gasteiger partial charge in [-0.05, 0) is 38.0 Å². The first-order valence-corrected chi connectivity index (χ1v) is 8.62. The first kappa shape index (κ1) is 17.2. The summed E-state index contributed by atoms with van der Waals surface area (Å²) in [6, 6.07) is 14.8. The van der Waals surface area contributed by atoms with Crippen LogP contribution in [0, 0.1) is 12.8 Å². The molecule has 1 aliphatic heterocycles. The van der Waals surface area contributed by atoms with Gasteiger partial charge in [0.2, 0.25) is 0 Å². The van der Waals surface area contributed by atoms with Gasteiger partial charge >= 0.3 is 0 Å². The number of carbonyl (C=O) groups excluding carboxylic acids is 2. The molecule has 130 valence electrons. The van der Waals surface area contributed by atoms with E-state index in [1.165, 1.54) is 0 Å². The van der Waals surface area contributed by atoms with Crippen LogP contribution in [0.5, 0.6) is 5.75 Å². The predicted molar refractivity (Wildman–Crippen MR) is 97.1 cm³/mol. The highest BCUT2D eigenvalue weighted by molar-refractivity contribution is 5.99. The van der Waals surface area contributed by atoms with Crippen LogP contribution in [0.15, 0.2) is 48.5 Å². The van der Waals surface area contributed by atoms with Crippen molar-refractivity contribution in [1.29, 1.82) is 0 Å². The van der Waals surface area contributed by atoms with Crippen molar-refractivity contribution in [2.24, 2.45) is 5.92 Å². The average molecular weight is 337 g/mol. The van der Waals surface area contributed by atoms with E-state index < -0.39 is 0 Å². The van der Waals surface area contributed by atoms with E-state index in [9.17, 15) is 9.59 Å². The topological polar surface area (TPSA) is 46.6 Å². The van der Waals surface area contributed by atoms with E-state index in [4.69, 9.17) is 4.74 Å². The Morgan fingerprint density at radius 3 is 2.56 bits per heavy atom. The maximum atomic E-state index is 12.8. The van der Waals surface area contributed by atoms with Crippen LogP contribution in [-0.2, 0) is 0 Å². The molecule has 3 rings (SSSR count). The molecule has 0 aliphatic carbocycles. The van der Waals surface area contributed by atoms with Gasteiger partial charge in [0.25, 0.3) is 5.91 Å². The van der Waals surface area contributed by atoms with Crippen LogP contribution in [0.25, 0.3) is 0 Å². The predicted octanol–water partition coefficient (Wildman–Crippen LogP) is 3.74. The lowest BCUT2D eigenvalue weighted by atomic mass is 9.89. The molecule has 4 nitrogen and oxygen atoms in total. The minimum atomic E-state index is -0.133. The van der Waals surface area contributed by atoms with Gasteiger partial charge in [-0.3, -0.25) is 9.59 Å². The molecule has 2 aromatic carbocycles. The van der Waals surface area contributed by atoms with Crippen LogP contribution < -0.4 is 4.74 Å². The molecule has 0 N–H and O–H groups in total. The Morgan fingerprint density at radius 2 is 1.84 bits per heavy atom. The molecule has 1 atom stereocenters. The number of nitrogens with zero attached hydrogens (tertiary/aromatic N) is 1. The number of rotatable bonds is 4. The summed E-state index contributed by atoms with van der Waals surface area (Å²) in [7, 11) is 1.58. The average Bonchev–Trinajstić information content (AvgIpc) is 2.67. The van der Waals surface area contributed by atoms with Gasteiger partial charge in [-0.25, -0.2) is 0 Å². The summed E-state index contributed by atoms with van der Waals surface area (Å²) in [6.07, 6.45) is 1.67. The second-order valence-electron chi connectivity index (χ2n) is 6.55. The third kappa shape index (κ3) is 3.90. The highest BCUT2D eigenvalue weighted by atomic mass is 16.5. The second-order valence-corrected chi connectivity index (χ2v) is 6.55. The summed E-state index contributed by atoms with van der Waals surface area (Å²) in [5.41, 5.74) is 2.46. The summed E-state index contributed by atoms with van der Waals surface area (Å²) < 4.78 is 5.19. The van der Waals surface area contributed by atoms with E-state index in [1.807, 2.05) is 43.3 Å². The number of amides is 1. The molecule has 0 spiro atoms. The standard InChI is InChI=1S/C21H23NO3/c1-15-8-10-16(11-9-15)20(23)18-6-4-12-22(14-18)21(24)17-5-3-7-19(13-17)25-2/h3,5,7-11,13,18H,4,6,12,14H2,1-2H3. The summed E-state index contributed by atoms with van der Waals surface area (Å²) in [5.74, 6) is 0.615. The summed E-state index contributed by atoms with van der Waals surface area (Å²) in [5, 5.41) is 0. The Morgan fingerprint density at radius 1 is 1.08 bits per heavy atom. The van der Waals surface area contributed by atoms with Gasteiger partial charge < -0.3 is 9.64 Å². The lowest BCUT2D eigenvalue weighted by molar-refractivity contribution is 0.0636. The van der Waals surface area contributed by atoms with Crippen molar-refractivity contribution in [3.63, 3.8) is 0 Å². The molecule has 1 saturated heterocycles. The van der Waals surface area contributed by atoms with E-state index in [1.54, 1.807) is 24.1 Å². The number of likely N-dealkylation sites (tertiary alicyclic amines) is 1. The lowest BCUT2D eigenvalue weighted by Gasteiger charge is -2.32. The fourth-order valence-corrected chi connectivity index (χ4v) is 3.27. The molecular weight excluding hydrogens is 314 g/mol. The molecule has 0 saturated carbocycles. The Hall–Kier alpha value is -2.62. The second kappa shape index (κ2) is 7.51. The highest BCUT2D eigenvalue weighted by Crippen LogP contribution is 2.23. The quantitative estimate of drug-likeness (QED) is 0.799. The smallest absolute Gasteiger partial charge is 0.254 e. The van der Waals surface area contributed by atoms with Crippen LogP contribution in [-0.4, -0.2) is 36.8 Å². The molecule has 2 aromatic rings. The molecule has 1 fully saturated rings. The zero-order valence-electron chi connectivity index (χ0n) is 14.7. The fraction of sp³-hybridized carbons (Fsp3) is 0.333. The summed E-state index contributed by atoms with van der Waals surface area (Å²) >= 11 is 0. The van der Waals surface area contributed by atoms with Crippen molar-refractivity contribution >= 4 is 11.7 Å². The maximum Gasteiger partial charge on any atom is 0.254 e. The van der Waals surface area contributed by atoms with E-state index in [2.05, 4.69) is 0 Å². The number of piperidine rings is 1. The van der Waals surface area contributed by atoms with Crippen LogP contribution in [0.4, 0.5) is 0 Å². The number of methoxy groups -OCH3 is 1. The fourth-order valence-electron chi connectivity index (χ4n) is 3.27. The highest BCUT2D eigenvalue weighted by Gasteiger charge is 2.29. The first-order valence-electron chi connectivity index (χ1n) is 8.62. The van der Waals surface area contributed by atoms with Gasteiger partial charge in [0.1, 0.15) is 5.75 Å². The Balaban J connectivity index is 1.73. The molecule has 1 aliphatic rings. The van der Waals surface area contributed by atoms with E-state index in [0.29, 0.717) is 24.4 Å². The first-order chi connectivity index (χ1) is 12.1. The number of ether oxygens (including phenoxy) is 1. The van der Waals surface area contributed by atoms with Gasteiger partial charge in [-0.1, -0.05) is 35.9 Å². The lowest BCUT2D eigenvalue weighted by Crippen LogP contribution is -2.42. The van der Waals surface area contributed by atoms with Crippen molar-refractivity contribution in [1.82, 2.24) is 4.90 Å². The van der Waals surface area contributed by atoms with Gasteiger partial charge in [0, 0.05) is 30.1 Å². The molecule has 0 aromatic heterocycles. The minimum Gasteiger partial charge on any atom is -0.497 e. The van der Waals surface area contributed by atoms with E-state index in [0.717, 1.165) is 24.0 Å². The van der Waals surface area contributed by atoms with Crippen LogP contribution in [0.1, 0.15) is 39.1 Å². The van der Waals surface area contributed by atoms with Gasteiger partial charge in [-0.15, -0.1) is 0 Å². The van der Waals surface area contributed by atoms with Gasteiger partial charge in [-0.2, -0.15) is 0 Å². The number of hydrogen-bond acceptors (Lipinski definition) is 3. The molecule has 1 heterocycles. The number of ketones is 1. The molecule has 0 bridgehead atoms. The molecule has 0 radical (unpaired) electrons. The number of carbonyl (C=O) groups is 2. The van der Waals surface area contributed by atoms with Crippen molar-refractivity contribution in [2.45, 2.75) is 19.8 Å². The number of Topliss-reactive ketones (excluding diaryl/α,β-unsaturated/α-hetero) is 1. The summed E-state index contributed by atoms with van der Waals surface area (Å²) in [4.78, 5) is 27.3. The molecule has 4 heteroatoms. The van der Waals surface area contributed by atoms with Crippen molar-refractivity contribution in [2.75, 3.05) is 20.2 Å². The van der Waals surface area contributed by atoms with Gasteiger partial charge in [0.15, 0.2) is 5.78 Å². The Bertz CT molecular complexity index is 767. The maximum absolute atomic E-state index is 12.8. The molecule has 25 heavy (non-hydrogen) atoms. The van der Waals surface area contributed by atoms with Crippen LogP contribution in [0.2, 0.25) is 0 Å². The monoisotopic (exact) mass is 337 g/mol. The van der Waals surface area contributed by atoms with Crippen molar-refractivity contribution in [3.05, 3.63) is 65.2 Å². The minimum absolute atomic E-state index is 0.0414. The number of hydrogen-bond donors (Lipinski definition) is 0. The largest absolute Gasteiger partial charge is 0.497 e. The zero-order valence-corrected chi connectivity index (χ0v) is 14.7. The van der Waals surface area contributed by atoms with E-state index in [-0.39, 0.29) is 17.6 Å². The Labute approximate surface area is 148 Å². The molecule has 1 amide bonds. The van der Waals surface area contributed by atoms with Gasteiger partial charge in [0.05, 0.1) is 7.11 Å². The third-order valence-corrected chi connectivity index (χ3v) is 4.73. The number of benzene rings is 2. The van der Waals surface area contributed by atoms with Crippen molar-refractivity contribution in [3.8, 4) is 5.75 Å². The van der Waals surface area contributed by atoms with Crippen LogP contribution in [0.3, 0.4) is 0 Å². The molecular formula is C21H23NO3. The normalized spacial score (nSPS) is 17.2. The van der Waals surface area contributed by atoms with E-state index >= 15 is 0 Å². The van der Waals surface area contributed by atoms with Crippen LogP contribution >= 0.6 is 0 Å². The SMILES string of the molecule is COc1cccc(C(=O)N2CCCC(C(=O)c3ccc(C)cc3)C2)c1. The third-order valence-electron chi connectivity index (χ3n) is 4.73. The summed E-state index contributed by atoms with van der Waals surface area (Å²) in [6.45, 7) is 3.17. The van der Waals surface area contributed by atoms with Crippen molar-refractivity contribution < 1.29 is 14.3 Å².